The van der Waals surface area contributed by atoms with Gasteiger partial charge in [-0.15, -0.1) is 24.0 Å². The third-order valence-corrected chi connectivity index (χ3v) is 5.54. The Morgan fingerprint density at radius 3 is 2.30 bits per heavy atom. The molecular formula is C19H35F3IN5O2. The molecule has 2 N–H and O–H groups in total. The lowest BCUT2D eigenvalue weighted by Gasteiger charge is -2.33. The van der Waals surface area contributed by atoms with Gasteiger partial charge in [0.2, 0.25) is 0 Å². The number of carbonyl (C=O) groups is 1. The van der Waals surface area contributed by atoms with Crippen LogP contribution in [0, 0.1) is 5.92 Å². The van der Waals surface area contributed by atoms with E-state index >= 15 is 0 Å². The van der Waals surface area contributed by atoms with Crippen LogP contribution in [-0.2, 0) is 4.74 Å². The maximum Gasteiger partial charge on any atom is 0.409 e. The lowest BCUT2D eigenvalue weighted by molar-refractivity contribution is -0.148. The quantitative estimate of drug-likeness (QED) is 0.303. The zero-order valence-electron chi connectivity index (χ0n) is 17.8. The number of amides is 1. The van der Waals surface area contributed by atoms with Gasteiger partial charge in [0.1, 0.15) is 0 Å². The molecule has 0 saturated carbocycles. The van der Waals surface area contributed by atoms with Gasteiger partial charge in [-0.25, -0.2) is 4.79 Å². The average Bonchev–Trinajstić information content (AvgIpc) is 2.68. The number of halogens is 4. The highest BCUT2D eigenvalue weighted by Gasteiger charge is 2.32. The van der Waals surface area contributed by atoms with Gasteiger partial charge in [-0.05, 0) is 58.0 Å². The van der Waals surface area contributed by atoms with Crippen LogP contribution < -0.4 is 10.6 Å². The first-order valence-corrected chi connectivity index (χ1v) is 10.5. The summed E-state index contributed by atoms with van der Waals surface area (Å²) in [6.45, 7) is 4.46. The Bertz CT molecular complexity index is 535. The molecule has 2 heterocycles. The van der Waals surface area contributed by atoms with E-state index in [1.54, 1.807) is 18.9 Å². The van der Waals surface area contributed by atoms with Crippen LogP contribution in [0.4, 0.5) is 18.0 Å². The Morgan fingerprint density at radius 1 is 1.13 bits per heavy atom. The van der Waals surface area contributed by atoms with Crippen molar-refractivity contribution >= 4 is 36.0 Å². The molecule has 0 bridgehead atoms. The summed E-state index contributed by atoms with van der Waals surface area (Å²) in [5.41, 5.74) is 0. The van der Waals surface area contributed by atoms with Gasteiger partial charge in [-0.1, -0.05) is 0 Å². The highest BCUT2D eigenvalue weighted by atomic mass is 127. The Labute approximate surface area is 194 Å². The van der Waals surface area contributed by atoms with Crippen LogP contribution in [0.3, 0.4) is 0 Å². The van der Waals surface area contributed by atoms with Crippen molar-refractivity contribution in [1.82, 2.24) is 20.4 Å². The molecule has 0 aromatic rings. The van der Waals surface area contributed by atoms with E-state index in [1.807, 2.05) is 0 Å². The lowest BCUT2D eigenvalue weighted by Crippen LogP contribution is -2.50. The van der Waals surface area contributed by atoms with E-state index < -0.39 is 12.7 Å². The number of hydrogen-bond donors (Lipinski definition) is 2. The Kier molecular flexibility index (Phi) is 12.1. The van der Waals surface area contributed by atoms with Crippen LogP contribution >= 0.6 is 24.0 Å². The van der Waals surface area contributed by atoms with Crippen LogP contribution in [0.5, 0.6) is 0 Å². The van der Waals surface area contributed by atoms with Gasteiger partial charge in [0.05, 0.1) is 13.2 Å². The molecule has 11 heteroatoms. The fourth-order valence-corrected chi connectivity index (χ4v) is 3.89. The Balaban J connectivity index is 0.00000450. The highest BCUT2D eigenvalue weighted by Crippen LogP contribution is 2.24. The van der Waals surface area contributed by atoms with Crippen molar-refractivity contribution in [1.29, 1.82) is 0 Å². The van der Waals surface area contributed by atoms with E-state index in [1.165, 1.54) is 4.90 Å². The van der Waals surface area contributed by atoms with Gasteiger partial charge in [0.15, 0.2) is 5.96 Å². The number of rotatable bonds is 6. The minimum atomic E-state index is -4.11. The Hall–Kier alpha value is -0.980. The zero-order valence-corrected chi connectivity index (χ0v) is 20.2. The SMILES string of the molecule is CCOC(=O)N1CCC(NC(=NC)NCCC2CCN(CC(F)(F)F)CC2)CC1.I. The highest BCUT2D eigenvalue weighted by molar-refractivity contribution is 14.0. The van der Waals surface area contributed by atoms with E-state index in [9.17, 15) is 18.0 Å². The summed E-state index contributed by atoms with van der Waals surface area (Å²) in [6, 6.07) is 0.248. The van der Waals surface area contributed by atoms with Crippen LogP contribution in [-0.4, -0.2) is 87.0 Å². The predicted octanol–water partition coefficient (Wildman–Crippen LogP) is 3.05. The normalized spacial score (nSPS) is 19.9. The zero-order chi connectivity index (χ0) is 21.3. The van der Waals surface area contributed by atoms with E-state index in [-0.39, 0.29) is 36.1 Å². The maximum atomic E-state index is 12.5. The number of likely N-dealkylation sites (tertiary alicyclic amines) is 2. The summed E-state index contributed by atoms with van der Waals surface area (Å²) in [7, 11) is 1.72. The molecule has 0 spiro atoms. The van der Waals surface area contributed by atoms with Crippen molar-refractivity contribution in [3.63, 3.8) is 0 Å². The van der Waals surface area contributed by atoms with E-state index in [2.05, 4.69) is 15.6 Å². The molecule has 0 aromatic heterocycles. The third-order valence-electron chi connectivity index (χ3n) is 5.54. The predicted molar refractivity (Wildman–Crippen MR) is 121 cm³/mol. The lowest BCUT2D eigenvalue weighted by atomic mass is 9.93. The number of aliphatic imine (C=N–C) groups is 1. The van der Waals surface area contributed by atoms with Gasteiger partial charge in [0.25, 0.3) is 0 Å². The standard InChI is InChI=1S/C19H34F3N5O2.HI/c1-3-29-18(28)27-12-7-16(8-13-27)25-17(23-2)24-9-4-15-5-10-26(11-6-15)14-19(20,21)22;/h15-16H,3-14H2,1-2H3,(H2,23,24,25);1H. The summed E-state index contributed by atoms with van der Waals surface area (Å²) >= 11 is 0. The molecule has 0 atom stereocenters. The van der Waals surface area contributed by atoms with Crippen LogP contribution in [0.25, 0.3) is 0 Å². The molecule has 2 aliphatic heterocycles. The van der Waals surface area contributed by atoms with Crippen molar-refractivity contribution in [2.24, 2.45) is 10.9 Å². The van der Waals surface area contributed by atoms with Crippen LogP contribution in [0.2, 0.25) is 0 Å². The van der Waals surface area contributed by atoms with Crippen LogP contribution in [0.15, 0.2) is 4.99 Å². The van der Waals surface area contributed by atoms with Gasteiger partial charge in [-0.2, -0.15) is 13.2 Å². The summed E-state index contributed by atoms with van der Waals surface area (Å²) in [5.74, 6) is 1.17. The topological polar surface area (TPSA) is 69.2 Å². The molecular weight excluding hydrogens is 514 g/mol. The Morgan fingerprint density at radius 2 is 1.77 bits per heavy atom. The van der Waals surface area contributed by atoms with Crippen molar-refractivity contribution in [2.75, 3.05) is 52.9 Å². The molecule has 0 radical (unpaired) electrons. The number of piperidine rings is 2. The largest absolute Gasteiger partial charge is 0.450 e. The molecule has 7 nitrogen and oxygen atoms in total. The smallest absolute Gasteiger partial charge is 0.409 e. The molecule has 0 unspecified atom stereocenters. The second-order valence-electron chi connectivity index (χ2n) is 7.73. The fraction of sp³-hybridized carbons (Fsp3) is 0.895. The van der Waals surface area contributed by atoms with Crippen molar-refractivity contribution < 1.29 is 22.7 Å². The first kappa shape index (κ1) is 27.1. The first-order chi connectivity index (χ1) is 13.8. The van der Waals surface area contributed by atoms with E-state index in [0.717, 1.165) is 44.6 Å². The van der Waals surface area contributed by atoms with Crippen molar-refractivity contribution in [2.45, 2.75) is 51.2 Å². The summed E-state index contributed by atoms with van der Waals surface area (Å²) in [6.07, 6.45) is -0.184. The molecule has 30 heavy (non-hydrogen) atoms. The van der Waals surface area contributed by atoms with Gasteiger partial charge < -0.3 is 20.3 Å². The molecule has 1 amide bonds. The maximum absolute atomic E-state index is 12.5. The molecule has 2 saturated heterocycles. The molecule has 176 valence electrons. The second kappa shape index (κ2) is 13.4. The molecule has 2 aliphatic rings. The monoisotopic (exact) mass is 549 g/mol. The first-order valence-electron chi connectivity index (χ1n) is 10.5. The minimum absolute atomic E-state index is 0. The fourth-order valence-electron chi connectivity index (χ4n) is 3.89. The minimum Gasteiger partial charge on any atom is -0.450 e. The number of hydrogen-bond acceptors (Lipinski definition) is 4. The van der Waals surface area contributed by atoms with Crippen LogP contribution in [0.1, 0.15) is 39.0 Å². The number of guanidine groups is 1. The molecule has 2 fully saturated rings. The van der Waals surface area contributed by atoms with E-state index in [0.29, 0.717) is 38.7 Å². The third kappa shape index (κ3) is 9.88. The van der Waals surface area contributed by atoms with Gasteiger partial charge in [0, 0.05) is 32.7 Å². The van der Waals surface area contributed by atoms with Gasteiger partial charge >= 0.3 is 12.3 Å². The van der Waals surface area contributed by atoms with Crippen molar-refractivity contribution in [3.05, 3.63) is 0 Å². The molecule has 0 aromatic carbocycles. The van der Waals surface area contributed by atoms with Crippen molar-refractivity contribution in [3.8, 4) is 0 Å². The van der Waals surface area contributed by atoms with Gasteiger partial charge in [-0.3, -0.25) is 9.89 Å². The molecule has 2 rings (SSSR count). The average molecular weight is 549 g/mol. The second-order valence-corrected chi connectivity index (χ2v) is 7.73. The summed E-state index contributed by atoms with van der Waals surface area (Å²) in [5, 5.41) is 6.70. The molecule has 0 aliphatic carbocycles. The summed E-state index contributed by atoms with van der Waals surface area (Å²) in [4.78, 5) is 19.2. The van der Waals surface area contributed by atoms with E-state index in [4.69, 9.17) is 4.74 Å². The number of carbonyl (C=O) groups excluding carboxylic acids is 1. The summed E-state index contributed by atoms with van der Waals surface area (Å²) < 4.78 is 42.4. The number of nitrogens with zero attached hydrogens (tertiary/aromatic N) is 3. The number of nitrogens with one attached hydrogen (secondary N) is 2. The number of ether oxygens (including phenoxy) is 1. The number of alkyl halides is 3.